The van der Waals surface area contributed by atoms with Gasteiger partial charge in [0.25, 0.3) is 0 Å². The lowest BCUT2D eigenvalue weighted by Gasteiger charge is -2.51. The summed E-state index contributed by atoms with van der Waals surface area (Å²) in [7, 11) is 2.60. The summed E-state index contributed by atoms with van der Waals surface area (Å²) in [6.07, 6.45) is 29.4. The van der Waals surface area contributed by atoms with Crippen molar-refractivity contribution in [3.63, 3.8) is 0 Å². The molecule has 0 bridgehead atoms. The van der Waals surface area contributed by atoms with E-state index in [2.05, 4.69) is 45.7 Å². The molecule has 0 radical (unpaired) electrons. The lowest BCUT2D eigenvalue weighted by Crippen LogP contribution is -2.41. The zero-order chi connectivity index (χ0) is 22.1. The second-order valence-electron chi connectivity index (χ2n) is 11.6. The maximum absolute atomic E-state index is 4.19. The standard InChI is InChI=1S/C31H45B/c1-3-11-24-21(4-2)12-10-19-25(24)22-13-9-14-23(20-22)30-26-15-5-7-17-28(26)31(32)29-18-8-6-16-27(29)30/h3-4,11,20-21,23,26,28,30-31H,2,5-10,12-19,32H2,1H3/b11-3-. The van der Waals surface area contributed by atoms with Crippen molar-refractivity contribution < 1.29 is 0 Å². The van der Waals surface area contributed by atoms with Gasteiger partial charge in [0.15, 0.2) is 0 Å². The molecule has 0 saturated heterocycles. The third-order valence-electron chi connectivity index (χ3n) is 10.1. The molecule has 0 aromatic rings. The van der Waals surface area contributed by atoms with E-state index in [9.17, 15) is 0 Å². The molecule has 1 fully saturated rings. The van der Waals surface area contributed by atoms with Gasteiger partial charge in [-0.1, -0.05) is 54.7 Å². The Balaban J connectivity index is 1.54. The summed E-state index contributed by atoms with van der Waals surface area (Å²) in [4.78, 5) is 0. The van der Waals surface area contributed by atoms with Crippen LogP contribution in [0.15, 0.2) is 58.7 Å². The maximum atomic E-state index is 4.19. The van der Waals surface area contributed by atoms with Crippen molar-refractivity contribution in [2.75, 3.05) is 0 Å². The molecule has 0 N–H and O–H groups in total. The molecule has 6 atom stereocenters. The summed E-state index contributed by atoms with van der Waals surface area (Å²) in [5.41, 5.74) is 8.91. The largest absolute Gasteiger partial charge is 0.111 e. The van der Waals surface area contributed by atoms with Crippen molar-refractivity contribution in [1.29, 1.82) is 0 Å². The van der Waals surface area contributed by atoms with Crippen LogP contribution in [0.3, 0.4) is 0 Å². The average Bonchev–Trinajstić information content (AvgIpc) is 2.85. The van der Waals surface area contributed by atoms with Crippen LogP contribution in [0.1, 0.15) is 96.8 Å². The number of hydrogen-bond acceptors (Lipinski definition) is 0. The van der Waals surface area contributed by atoms with Gasteiger partial charge >= 0.3 is 0 Å². The molecule has 0 nitrogen and oxygen atoms in total. The van der Waals surface area contributed by atoms with Crippen LogP contribution in [0.2, 0.25) is 5.82 Å². The summed E-state index contributed by atoms with van der Waals surface area (Å²) in [5.74, 6) is 5.03. The normalized spacial score (nSPS) is 38.3. The topological polar surface area (TPSA) is 0 Å². The first-order chi connectivity index (χ1) is 15.7. The van der Waals surface area contributed by atoms with Gasteiger partial charge in [-0.25, -0.2) is 0 Å². The fourth-order valence-corrected chi connectivity index (χ4v) is 8.71. The minimum absolute atomic E-state index is 0.558. The molecular weight excluding hydrogens is 383 g/mol. The Morgan fingerprint density at radius 1 is 0.844 bits per heavy atom. The number of allylic oxidation sites excluding steroid dienone is 9. The zero-order valence-electron chi connectivity index (χ0n) is 20.9. The molecule has 32 heavy (non-hydrogen) atoms. The predicted molar refractivity (Wildman–Crippen MR) is 142 cm³/mol. The first-order valence-corrected chi connectivity index (χ1v) is 14.1. The molecule has 0 aliphatic heterocycles. The summed E-state index contributed by atoms with van der Waals surface area (Å²) in [6.45, 7) is 6.37. The monoisotopic (exact) mass is 428 g/mol. The maximum Gasteiger partial charge on any atom is 0.111 e. The molecule has 0 aromatic carbocycles. The Morgan fingerprint density at radius 3 is 2.38 bits per heavy atom. The van der Waals surface area contributed by atoms with Gasteiger partial charge < -0.3 is 0 Å². The van der Waals surface area contributed by atoms with Gasteiger partial charge in [0.05, 0.1) is 0 Å². The Morgan fingerprint density at radius 2 is 1.59 bits per heavy atom. The van der Waals surface area contributed by atoms with Gasteiger partial charge in [-0.2, -0.15) is 0 Å². The highest BCUT2D eigenvalue weighted by molar-refractivity contribution is 6.14. The molecule has 5 aliphatic rings. The fraction of sp³-hybridized carbons (Fsp3) is 0.677. The van der Waals surface area contributed by atoms with Crippen molar-refractivity contribution in [3.8, 4) is 0 Å². The predicted octanol–water partition coefficient (Wildman–Crippen LogP) is 8.30. The van der Waals surface area contributed by atoms with E-state index in [1.807, 2.05) is 11.1 Å². The van der Waals surface area contributed by atoms with Gasteiger partial charge in [-0.3, -0.25) is 0 Å². The smallest absolute Gasteiger partial charge is 0.102 e. The van der Waals surface area contributed by atoms with E-state index in [0.29, 0.717) is 5.92 Å². The van der Waals surface area contributed by atoms with Crippen molar-refractivity contribution in [3.05, 3.63) is 58.7 Å². The number of hydrogen-bond donors (Lipinski definition) is 0. The quantitative estimate of drug-likeness (QED) is 0.312. The molecule has 1 saturated carbocycles. The zero-order valence-corrected chi connectivity index (χ0v) is 20.9. The van der Waals surface area contributed by atoms with E-state index < -0.39 is 0 Å². The minimum Gasteiger partial charge on any atom is -0.102 e. The van der Waals surface area contributed by atoms with Gasteiger partial charge in [-0.05, 0) is 124 Å². The summed E-state index contributed by atoms with van der Waals surface area (Å²) >= 11 is 0. The van der Waals surface area contributed by atoms with E-state index >= 15 is 0 Å². The molecule has 5 rings (SSSR count). The molecule has 6 unspecified atom stereocenters. The van der Waals surface area contributed by atoms with Crippen LogP contribution in [0.5, 0.6) is 0 Å². The third kappa shape index (κ3) is 4.08. The third-order valence-corrected chi connectivity index (χ3v) is 10.1. The van der Waals surface area contributed by atoms with Crippen LogP contribution in [0, 0.1) is 29.6 Å². The van der Waals surface area contributed by atoms with Gasteiger partial charge in [0.2, 0.25) is 0 Å². The average molecular weight is 429 g/mol. The van der Waals surface area contributed by atoms with Crippen LogP contribution in [0.25, 0.3) is 0 Å². The van der Waals surface area contributed by atoms with Crippen molar-refractivity contribution in [1.82, 2.24) is 0 Å². The summed E-state index contributed by atoms with van der Waals surface area (Å²) in [6, 6.07) is 0. The summed E-state index contributed by atoms with van der Waals surface area (Å²) in [5, 5.41) is 0. The Bertz CT molecular complexity index is 837. The van der Waals surface area contributed by atoms with E-state index in [-0.39, 0.29) is 0 Å². The highest BCUT2D eigenvalue weighted by Crippen LogP contribution is 2.57. The summed E-state index contributed by atoms with van der Waals surface area (Å²) < 4.78 is 0. The molecule has 0 spiro atoms. The van der Waals surface area contributed by atoms with Crippen LogP contribution in [-0.4, -0.2) is 7.85 Å². The van der Waals surface area contributed by atoms with E-state index in [4.69, 9.17) is 0 Å². The molecule has 0 aromatic heterocycles. The van der Waals surface area contributed by atoms with Crippen LogP contribution in [0.4, 0.5) is 0 Å². The number of fused-ring (bicyclic) bond motifs is 1. The Hall–Kier alpha value is -1.24. The van der Waals surface area contributed by atoms with Gasteiger partial charge in [0, 0.05) is 5.92 Å². The SMILES string of the molecule is BC1C2=C(CCCC2)C(C2C=C(C3=C(/C=C\C)C(C=C)CCC3)CCC2)C2CCCCC12. The van der Waals surface area contributed by atoms with Gasteiger partial charge in [-0.15, -0.1) is 6.58 Å². The lowest BCUT2D eigenvalue weighted by molar-refractivity contribution is 0.123. The molecule has 172 valence electrons. The second-order valence-corrected chi connectivity index (χ2v) is 11.6. The molecule has 1 heteroatoms. The Kier molecular flexibility index (Phi) is 7.01. The minimum atomic E-state index is 0.558. The number of rotatable bonds is 4. The van der Waals surface area contributed by atoms with E-state index in [0.717, 1.165) is 29.5 Å². The van der Waals surface area contributed by atoms with Crippen molar-refractivity contribution in [2.24, 2.45) is 29.6 Å². The highest BCUT2D eigenvalue weighted by atomic mass is 14.5. The first-order valence-electron chi connectivity index (χ1n) is 14.1. The molecule has 0 heterocycles. The molecule has 0 amide bonds. The van der Waals surface area contributed by atoms with Crippen molar-refractivity contribution in [2.45, 2.75) is 103 Å². The fourth-order valence-electron chi connectivity index (χ4n) is 8.71. The molecular formula is C31H45B. The highest BCUT2D eigenvalue weighted by Gasteiger charge is 2.45. The van der Waals surface area contributed by atoms with Gasteiger partial charge in [0.1, 0.15) is 7.85 Å². The first kappa shape index (κ1) is 22.6. The van der Waals surface area contributed by atoms with Crippen LogP contribution in [-0.2, 0) is 0 Å². The second kappa shape index (κ2) is 9.94. The Labute approximate surface area is 198 Å². The van der Waals surface area contributed by atoms with Crippen LogP contribution < -0.4 is 0 Å². The van der Waals surface area contributed by atoms with E-state index in [1.165, 1.54) is 89.9 Å². The lowest BCUT2D eigenvalue weighted by atomic mass is 9.49. The molecule has 5 aliphatic carbocycles. The van der Waals surface area contributed by atoms with Crippen molar-refractivity contribution >= 4 is 7.85 Å². The van der Waals surface area contributed by atoms with E-state index in [1.54, 1.807) is 16.7 Å². The van der Waals surface area contributed by atoms with Crippen LogP contribution >= 0.6 is 0 Å².